The third-order valence-corrected chi connectivity index (χ3v) is 7.35. The van der Waals surface area contributed by atoms with E-state index in [2.05, 4.69) is 20.6 Å². The van der Waals surface area contributed by atoms with Crippen molar-refractivity contribution in [1.29, 1.82) is 0 Å². The smallest absolute Gasteiger partial charge is 0.229 e. The third-order valence-electron chi connectivity index (χ3n) is 6.30. The van der Waals surface area contributed by atoms with Gasteiger partial charge < -0.3 is 15.7 Å². The quantitative estimate of drug-likeness (QED) is 0.314. The number of thiazole rings is 1. The first-order valence-corrected chi connectivity index (χ1v) is 12.4. The van der Waals surface area contributed by atoms with Crippen LogP contribution in [0.5, 0.6) is 0 Å². The van der Waals surface area contributed by atoms with Crippen LogP contribution in [0.2, 0.25) is 0 Å². The second kappa shape index (κ2) is 9.99. The minimum atomic E-state index is -0.320. The molecule has 0 unspecified atom stereocenters. The summed E-state index contributed by atoms with van der Waals surface area (Å²) in [5.41, 5.74) is 3.11. The van der Waals surface area contributed by atoms with Crippen LogP contribution < -0.4 is 10.6 Å². The summed E-state index contributed by atoms with van der Waals surface area (Å²) in [7, 11) is 0. The maximum Gasteiger partial charge on any atom is 0.229 e. The lowest BCUT2D eigenvalue weighted by atomic mass is 9.84. The van der Waals surface area contributed by atoms with Crippen LogP contribution in [-0.2, 0) is 0 Å². The molecule has 0 spiro atoms. The Morgan fingerprint density at radius 3 is 2.74 bits per heavy atom. The van der Waals surface area contributed by atoms with Crippen LogP contribution in [0, 0.1) is 18.7 Å². The van der Waals surface area contributed by atoms with E-state index in [0.29, 0.717) is 17.6 Å². The van der Waals surface area contributed by atoms with Crippen LogP contribution >= 0.6 is 11.3 Å². The van der Waals surface area contributed by atoms with Gasteiger partial charge in [-0.1, -0.05) is 6.07 Å². The van der Waals surface area contributed by atoms with Gasteiger partial charge in [0, 0.05) is 24.5 Å². The van der Waals surface area contributed by atoms with Gasteiger partial charge in [0.15, 0.2) is 0 Å². The summed E-state index contributed by atoms with van der Waals surface area (Å²) in [6.45, 7) is 2.20. The summed E-state index contributed by atoms with van der Waals surface area (Å²) >= 11 is 1.59. The van der Waals surface area contributed by atoms with Gasteiger partial charge in [0.25, 0.3) is 0 Å². The zero-order valence-electron chi connectivity index (χ0n) is 19.0. The Bertz CT molecular complexity index is 1250. The van der Waals surface area contributed by atoms with Gasteiger partial charge in [-0.05, 0) is 69.2 Å². The van der Waals surface area contributed by atoms with Crippen molar-refractivity contribution in [2.75, 3.05) is 17.2 Å². The first kappa shape index (κ1) is 22.6. The molecule has 3 aromatic heterocycles. The topological polar surface area (TPSA) is 95.9 Å². The number of hydrogen-bond acceptors (Lipinski definition) is 8. The monoisotopic (exact) mass is 478 g/mol. The molecule has 4 aromatic rings. The summed E-state index contributed by atoms with van der Waals surface area (Å²) < 4.78 is 14.7. The highest BCUT2D eigenvalue weighted by atomic mass is 32.1. The Balaban J connectivity index is 1.49. The molecule has 176 valence electrons. The molecular weight excluding hydrogens is 451 g/mol. The Hall–Kier alpha value is -3.17. The predicted molar refractivity (Wildman–Crippen MR) is 134 cm³/mol. The van der Waals surface area contributed by atoms with E-state index < -0.39 is 0 Å². The van der Waals surface area contributed by atoms with E-state index in [-0.39, 0.29) is 18.5 Å². The van der Waals surface area contributed by atoms with Crippen LogP contribution in [0.4, 0.5) is 21.8 Å². The summed E-state index contributed by atoms with van der Waals surface area (Å²) in [5.74, 6) is 1.39. The molecule has 1 saturated carbocycles. The lowest BCUT2D eigenvalue weighted by Crippen LogP contribution is -2.27. The van der Waals surface area contributed by atoms with Gasteiger partial charge in [-0.25, -0.2) is 14.4 Å². The Morgan fingerprint density at radius 1 is 1.12 bits per heavy atom. The van der Waals surface area contributed by atoms with Gasteiger partial charge in [0.1, 0.15) is 22.2 Å². The molecule has 0 atom stereocenters. The second-order valence-electron chi connectivity index (χ2n) is 8.73. The number of pyridine rings is 1. The number of aryl methyl sites for hydroxylation is 1. The van der Waals surface area contributed by atoms with Gasteiger partial charge in [-0.2, -0.15) is 4.98 Å². The number of aliphatic hydroxyl groups is 1. The number of anilines is 3. The lowest BCUT2D eigenvalue weighted by Gasteiger charge is -2.29. The summed E-state index contributed by atoms with van der Waals surface area (Å²) in [6.07, 6.45) is 8.60. The van der Waals surface area contributed by atoms with Crippen molar-refractivity contribution < 1.29 is 9.50 Å². The molecule has 9 heteroatoms. The number of aliphatic hydroxyl groups excluding tert-OH is 1. The van der Waals surface area contributed by atoms with Crippen LogP contribution in [0.25, 0.3) is 20.8 Å². The first-order valence-electron chi connectivity index (χ1n) is 11.6. The average molecular weight is 479 g/mol. The van der Waals surface area contributed by atoms with Gasteiger partial charge in [0.2, 0.25) is 5.95 Å². The van der Waals surface area contributed by atoms with E-state index >= 15 is 0 Å². The minimum absolute atomic E-state index is 0.250. The molecule has 34 heavy (non-hydrogen) atoms. The summed E-state index contributed by atoms with van der Waals surface area (Å²) in [6, 6.07) is 8.50. The maximum absolute atomic E-state index is 13.7. The highest BCUT2D eigenvalue weighted by Crippen LogP contribution is 2.37. The first-order chi connectivity index (χ1) is 16.6. The highest BCUT2D eigenvalue weighted by Gasteiger charge is 2.24. The molecule has 0 radical (unpaired) electrons. The molecule has 1 aliphatic carbocycles. The van der Waals surface area contributed by atoms with Gasteiger partial charge in [-0.3, -0.25) is 4.98 Å². The molecular formula is C25H27FN6OS. The molecule has 1 aromatic carbocycles. The summed E-state index contributed by atoms with van der Waals surface area (Å²) in [4.78, 5) is 18.5. The van der Waals surface area contributed by atoms with Crippen molar-refractivity contribution in [3.8, 4) is 10.6 Å². The maximum atomic E-state index is 13.7. The third kappa shape index (κ3) is 5.00. The van der Waals surface area contributed by atoms with Crippen LogP contribution in [0.15, 0.2) is 42.7 Å². The average Bonchev–Trinajstić information content (AvgIpc) is 3.24. The van der Waals surface area contributed by atoms with Crippen molar-refractivity contribution in [2.24, 2.45) is 5.92 Å². The largest absolute Gasteiger partial charge is 0.396 e. The molecule has 1 fully saturated rings. The number of benzene rings is 1. The van der Waals surface area contributed by atoms with E-state index in [1.54, 1.807) is 35.9 Å². The Labute approximate surface area is 201 Å². The Kier molecular flexibility index (Phi) is 6.64. The zero-order valence-corrected chi connectivity index (χ0v) is 19.8. The number of nitrogens with zero attached hydrogens (tertiary/aromatic N) is 4. The molecule has 3 N–H and O–H groups in total. The van der Waals surface area contributed by atoms with E-state index in [1.165, 1.54) is 12.1 Å². The zero-order chi connectivity index (χ0) is 23.5. The number of aromatic nitrogens is 4. The molecule has 1 aliphatic rings. The van der Waals surface area contributed by atoms with Crippen molar-refractivity contribution in [2.45, 2.75) is 45.1 Å². The number of fused-ring (bicyclic) bond motifs is 1. The standard InChI is InChI=1S/C25H27FN6OS/c1-15-22(24-31-20-14-27-11-9-21(20)34-24)23(29-18-7-5-16(6-8-18)10-12-33)32-25(28-15)30-19-4-2-3-17(26)13-19/h2-4,9,11,13-14,16,18,33H,5-8,10,12H2,1H3,(H2,28,29,30,32). The number of hydrogen-bond donors (Lipinski definition) is 3. The van der Waals surface area contributed by atoms with Crippen molar-refractivity contribution in [1.82, 2.24) is 19.9 Å². The van der Waals surface area contributed by atoms with E-state index in [1.807, 2.05) is 13.0 Å². The molecule has 0 bridgehead atoms. The normalized spacial score (nSPS) is 18.2. The van der Waals surface area contributed by atoms with Gasteiger partial charge >= 0.3 is 0 Å². The second-order valence-corrected chi connectivity index (χ2v) is 9.76. The summed E-state index contributed by atoms with van der Waals surface area (Å²) in [5, 5.41) is 16.9. The molecule has 0 amide bonds. The molecule has 3 heterocycles. The predicted octanol–water partition coefficient (Wildman–Crippen LogP) is 5.69. The van der Waals surface area contributed by atoms with Crippen LogP contribution in [0.1, 0.15) is 37.8 Å². The van der Waals surface area contributed by atoms with Gasteiger partial charge in [-0.15, -0.1) is 11.3 Å². The Morgan fingerprint density at radius 2 is 1.97 bits per heavy atom. The fourth-order valence-corrected chi connectivity index (χ4v) is 5.57. The van der Waals surface area contributed by atoms with E-state index in [0.717, 1.165) is 64.4 Å². The minimum Gasteiger partial charge on any atom is -0.396 e. The molecule has 0 aliphatic heterocycles. The fourth-order valence-electron chi connectivity index (χ4n) is 4.54. The van der Waals surface area contributed by atoms with Gasteiger partial charge in [0.05, 0.1) is 22.2 Å². The molecule has 0 saturated heterocycles. The number of nitrogens with one attached hydrogen (secondary N) is 2. The van der Waals surface area contributed by atoms with E-state index in [9.17, 15) is 9.50 Å². The lowest BCUT2D eigenvalue weighted by molar-refractivity contribution is 0.225. The van der Waals surface area contributed by atoms with Crippen molar-refractivity contribution in [3.63, 3.8) is 0 Å². The van der Waals surface area contributed by atoms with E-state index in [4.69, 9.17) is 9.97 Å². The van der Waals surface area contributed by atoms with Crippen LogP contribution in [0.3, 0.4) is 0 Å². The van der Waals surface area contributed by atoms with Crippen molar-refractivity contribution >= 4 is 39.0 Å². The van der Waals surface area contributed by atoms with Crippen molar-refractivity contribution in [3.05, 3.63) is 54.2 Å². The SMILES string of the molecule is Cc1nc(Nc2cccc(F)c2)nc(NC2CCC(CCO)CC2)c1-c1nc2cnccc2s1. The fraction of sp³-hybridized carbons (Fsp3) is 0.360. The molecule has 5 rings (SSSR count). The number of rotatable bonds is 7. The van der Waals surface area contributed by atoms with Crippen LogP contribution in [-0.4, -0.2) is 37.7 Å². The number of halogens is 1. The highest BCUT2D eigenvalue weighted by molar-refractivity contribution is 7.21. The molecule has 7 nitrogen and oxygen atoms in total.